The maximum atomic E-state index is 5.56. The molecule has 0 saturated carbocycles. The van der Waals surface area contributed by atoms with Crippen LogP contribution >= 0.6 is 0 Å². The Labute approximate surface area is 83.7 Å². The Kier molecular flexibility index (Phi) is 2.30. The van der Waals surface area contributed by atoms with Gasteiger partial charge in [0.25, 0.3) is 0 Å². The Morgan fingerprint density at radius 2 is 2.07 bits per heavy atom. The molecule has 0 bridgehead atoms. The minimum atomic E-state index is 0.668. The molecule has 0 amide bonds. The van der Waals surface area contributed by atoms with E-state index in [0.717, 1.165) is 12.0 Å². The van der Waals surface area contributed by atoms with Crippen molar-refractivity contribution in [2.75, 3.05) is 6.54 Å². The molecule has 0 aliphatic rings. The third-order valence-corrected chi connectivity index (χ3v) is 2.76. The van der Waals surface area contributed by atoms with Crippen molar-refractivity contribution >= 4 is 11.0 Å². The van der Waals surface area contributed by atoms with E-state index in [1.165, 1.54) is 22.1 Å². The predicted molar refractivity (Wildman–Crippen MR) is 58.4 cm³/mol. The van der Waals surface area contributed by atoms with Crippen molar-refractivity contribution in [3.63, 3.8) is 0 Å². The lowest BCUT2D eigenvalue weighted by Crippen LogP contribution is -2.01. The van der Waals surface area contributed by atoms with Crippen molar-refractivity contribution < 1.29 is 4.42 Å². The fourth-order valence-electron chi connectivity index (χ4n) is 1.74. The summed E-state index contributed by atoms with van der Waals surface area (Å²) in [6.07, 6.45) is 2.71. The summed E-state index contributed by atoms with van der Waals surface area (Å²) in [6, 6.07) is 4.25. The molecule has 0 fully saturated rings. The van der Waals surface area contributed by atoms with Gasteiger partial charge >= 0.3 is 0 Å². The number of aryl methyl sites for hydroxylation is 2. The molecule has 2 N–H and O–H groups in total. The molecule has 74 valence electrons. The molecule has 0 saturated heterocycles. The first-order chi connectivity index (χ1) is 6.74. The topological polar surface area (TPSA) is 39.2 Å². The molecular formula is C12H15NO. The smallest absolute Gasteiger partial charge is 0.137 e. The van der Waals surface area contributed by atoms with E-state index in [-0.39, 0.29) is 0 Å². The van der Waals surface area contributed by atoms with Crippen LogP contribution in [0.1, 0.15) is 16.7 Å². The van der Waals surface area contributed by atoms with E-state index in [2.05, 4.69) is 26.0 Å². The van der Waals surface area contributed by atoms with Crippen LogP contribution in [0.5, 0.6) is 0 Å². The van der Waals surface area contributed by atoms with E-state index in [9.17, 15) is 0 Å². The highest BCUT2D eigenvalue weighted by Crippen LogP contribution is 2.26. The molecule has 1 aromatic heterocycles. The van der Waals surface area contributed by atoms with Gasteiger partial charge in [-0.2, -0.15) is 0 Å². The van der Waals surface area contributed by atoms with Gasteiger partial charge in [-0.05, 0) is 43.5 Å². The standard InChI is InChI=1S/C12H15NO/c1-8-3-4-11-10(5-6-13)7-14-12(11)9(8)2/h3-4,7H,5-6,13H2,1-2H3. The first kappa shape index (κ1) is 9.28. The van der Waals surface area contributed by atoms with Crippen LogP contribution in [0.4, 0.5) is 0 Å². The second-order valence-corrected chi connectivity index (χ2v) is 3.68. The third kappa shape index (κ3) is 1.32. The zero-order valence-electron chi connectivity index (χ0n) is 8.63. The number of rotatable bonds is 2. The quantitative estimate of drug-likeness (QED) is 0.788. The Morgan fingerprint density at radius 1 is 1.29 bits per heavy atom. The largest absolute Gasteiger partial charge is 0.464 e. The Bertz CT molecular complexity index is 457. The lowest BCUT2D eigenvalue weighted by Gasteiger charge is -2.00. The number of hydrogen-bond donors (Lipinski definition) is 1. The molecule has 1 heterocycles. The van der Waals surface area contributed by atoms with E-state index in [4.69, 9.17) is 10.2 Å². The highest BCUT2D eigenvalue weighted by Gasteiger charge is 2.08. The van der Waals surface area contributed by atoms with Gasteiger partial charge in [-0.3, -0.25) is 0 Å². The van der Waals surface area contributed by atoms with Crippen LogP contribution in [0.2, 0.25) is 0 Å². The van der Waals surface area contributed by atoms with Gasteiger partial charge in [0.1, 0.15) is 5.58 Å². The number of hydrogen-bond acceptors (Lipinski definition) is 2. The van der Waals surface area contributed by atoms with E-state index >= 15 is 0 Å². The molecule has 0 spiro atoms. The lowest BCUT2D eigenvalue weighted by molar-refractivity contribution is 0.607. The van der Waals surface area contributed by atoms with Crippen LogP contribution < -0.4 is 5.73 Å². The predicted octanol–water partition coefficient (Wildman–Crippen LogP) is 2.55. The molecule has 0 aliphatic carbocycles. The van der Waals surface area contributed by atoms with Gasteiger partial charge in [-0.15, -0.1) is 0 Å². The van der Waals surface area contributed by atoms with Crippen LogP contribution in [-0.2, 0) is 6.42 Å². The van der Waals surface area contributed by atoms with Gasteiger partial charge in [0.05, 0.1) is 6.26 Å². The monoisotopic (exact) mass is 189 g/mol. The first-order valence-electron chi connectivity index (χ1n) is 4.90. The molecule has 0 atom stereocenters. The first-order valence-corrected chi connectivity index (χ1v) is 4.90. The fraction of sp³-hybridized carbons (Fsp3) is 0.333. The van der Waals surface area contributed by atoms with Gasteiger partial charge in [0.2, 0.25) is 0 Å². The number of benzene rings is 1. The van der Waals surface area contributed by atoms with Gasteiger partial charge < -0.3 is 10.2 Å². The van der Waals surface area contributed by atoms with E-state index in [1.807, 2.05) is 6.26 Å². The summed E-state index contributed by atoms with van der Waals surface area (Å²) in [4.78, 5) is 0. The highest BCUT2D eigenvalue weighted by molar-refractivity contribution is 5.84. The normalized spacial score (nSPS) is 11.1. The number of furan rings is 1. The number of fused-ring (bicyclic) bond motifs is 1. The molecule has 1 aromatic carbocycles. The van der Waals surface area contributed by atoms with Gasteiger partial charge in [0.15, 0.2) is 0 Å². The summed E-state index contributed by atoms with van der Waals surface area (Å²) in [7, 11) is 0. The van der Waals surface area contributed by atoms with Crippen molar-refractivity contribution in [1.29, 1.82) is 0 Å². The minimum Gasteiger partial charge on any atom is -0.464 e. The molecule has 2 nitrogen and oxygen atoms in total. The van der Waals surface area contributed by atoms with Crippen LogP contribution in [0.3, 0.4) is 0 Å². The van der Waals surface area contributed by atoms with E-state index in [0.29, 0.717) is 6.54 Å². The number of nitrogens with two attached hydrogens (primary N) is 1. The van der Waals surface area contributed by atoms with E-state index in [1.54, 1.807) is 0 Å². The van der Waals surface area contributed by atoms with Crippen LogP contribution in [0, 0.1) is 13.8 Å². The summed E-state index contributed by atoms with van der Waals surface area (Å²) in [6.45, 7) is 4.86. The second kappa shape index (κ2) is 3.46. The van der Waals surface area contributed by atoms with Crippen molar-refractivity contribution in [3.8, 4) is 0 Å². The summed E-state index contributed by atoms with van der Waals surface area (Å²) in [5, 5.41) is 1.21. The van der Waals surface area contributed by atoms with Gasteiger partial charge in [0, 0.05) is 5.39 Å². The third-order valence-electron chi connectivity index (χ3n) is 2.76. The maximum Gasteiger partial charge on any atom is 0.137 e. The molecular weight excluding hydrogens is 174 g/mol. The highest BCUT2D eigenvalue weighted by atomic mass is 16.3. The SMILES string of the molecule is Cc1ccc2c(CCN)coc2c1C. The Morgan fingerprint density at radius 3 is 2.79 bits per heavy atom. The molecule has 14 heavy (non-hydrogen) atoms. The summed E-state index contributed by atoms with van der Waals surface area (Å²) < 4.78 is 5.56. The fourth-order valence-corrected chi connectivity index (χ4v) is 1.74. The van der Waals surface area contributed by atoms with Crippen LogP contribution in [0.25, 0.3) is 11.0 Å². The molecule has 0 aliphatic heterocycles. The van der Waals surface area contributed by atoms with Gasteiger partial charge in [-0.25, -0.2) is 0 Å². The van der Waals surface area contributed by atoms with Gasteiger partial charge in [-0.1, -0.05) is 12.1 Å². The molecule has 2 heteroatoms. The Balaban J connectivity index is 2.64. The van der Waals surface area contributed by atoms with Crippen molar-refractivity contribution in [3.05, 3.63) is 35.1 Å². The average Bonchev–Trinajstić information content (AvgIpc) is 2.57. The zero-order valence-corrected chi connectivity index (χ0v) is 8.63. The van der Waals surface area contributed by atoms with Crippen molar-refractivity contribution in [2.24, 2.45) is 5.73 Å². The molecule has 2 aromatic rings. The molecule has 0 unspecified atom stereocenters. The van der Waals surface area contributed by atoms with Crippen LogP contribution in [-0.4, -0.2) is 6.54 Å². The minimum absolute atomic E-state index is 0.668. The molecule has 2 rings (SSSR count). The van der Waals surface area contributed by atoms with Crippen LogP contribution in [0.15, 0.2) is 22.8 Å². The zero-order chi connectivity index (χ0) is 10.1. The van der Waals surface area contributed by atoms with Crippen molar-refractivity contribution in [1.82, 2.24) is 0 Å². The van der Waals surface area contributed by atoms with E-state index < -0.39 is 0 Å². The average molecular weight is 189 g/mol. The molecule has 0 radical (unpaired) electrons. The second-order valence-electron chi connectivity index (χ2n) is 3.68. The summed E-state index contributed by atoms with van der Waals surface area (Å²) in [5.41, 5.74) is 10.3. The summed E-state index contributed by atoms with van der Waals surface area (Å²) in [5.74, 6) is 0. The Hall–Kier alpha value is -1.28. The van der Waals surface area contributed by atoms with Crippen molar-refractivity contribution in [2.45, 2.75) is 20.3 Å². The maximum absolute atomic E-state index is 5.56. The lowest BCUT2D eigenvalue weighted by atomic mass is 10.0. The summed E-state index contributed by atoms with van der Waals surface area (Å²) >= 11 is 0.